The van der Waals surface area contributed by atoms with Crippen LogP contribution in [-0.2, 0) is 20.6 Å². The van der Waals surface area contributed by atoms with E-state index in [1.54, 1.807) is 61.0 Å². The van der Waals surface area contributed by atoms with Gasteiger partial charge in [0.05, 0.1) is 4.90 Å². The monoisotopic (exact) mass is 496 g/mol. The number of hydrogen-bond donors (Lipinski definition) is 3. The van der Waals surface area contributed by atoms with Crippen molar-refractivity contribution in [2.75, 3.05) is 0 Å². The smallest absolute Gasteiger partial charge is 0.273 e. The highest BCUT2D eigenvalue weighted by molar-refractivity contribution is 7.90. The number of rotatable bonds is 5. The maximum atomic E-state index is 14.2. The molecule has 0 saturated heterocycles. The second-order valence-corrected chi connectivity index (χ2v) is 9.59. The normalized spacial score (nSPS) is 17.3. The lowest BCUT2D eigenvalue weighted by molar-refractivity contribution is -0.0474. The molecule has 0 aromatic heterocycles. The van der Waals surface area contributed by atoms with Crippen LogP contribution in [0, 0.1) is 12.7 Å². The number of nitrogens with one attached hydrogen (secondary N) is 3. The van der Waals surface area contributed by atoms with Gasteiger partial charge in [0.25, 0.3) is 15.9 Å². The Labute approximate surface area is 201 Å². The second kappa shape index (κ2) is 9.28. The molecule has 1 atom stereocenters. The van der Waals surface area contributed by atoms with E-state index in [1.165, 1.54) is 30.3 Å². The standard InChI is InChI=1S/C24H21FN4O5S/c1-15-10-12-18(13-11-15)35(32,33)29-23(31)26-22(30)17-7-5-6-16(14-17)21-27-24(2,34-28-21)19-8-3-4-9-20(19)25/h3-14H,1-2H3,(H,27,28)(H2,26,29,30,31). The molecular formula is C24H21FN4O5S. The van der Waals surface area contributed by atoms with E-state index in [0.29, 0.717) is 5.56 Å². The van der Waals surface area contributed by atoms with Gasteiger partial charge in [-0.1, -0.05) is 48.0 Å². The largest absolute Gasteiger partial charge is 0.335 e. The molecule has 1 heterocycles. The first-order valence-electron chi connectivity index (χ1n) is 10.4. The van der Waals surface area contributed by atoms with Gasteiger partial charge in [0.15, 0.2) is 5.84 Å². The molecule has 0 saturated carbocycles. The Kier molecular flexibility index (Phi) is 6.37. The van der Waals surface area contributed by atoms with Crippen LogP contribution >= 0.6 is 0 Å². The third kappa shape index (κ3) is 5.20. The molecule has 3 aromatic carbocycles. The summed E-state index contributed by atoms with van der Waals surface area (Å²) < 4.78 is 40.8. The molecule has 0 aliphatic carbocycles. The predicted molar refractivity (Wildman–Crippen MR) is 125 cm³/mol. The number of amides is 3. The second-order valence-electron chi connectivity index (χ2n) is 7.91. The Morgan fingerprint density at radius 1 is 1.03 bits per heavy atom. The quantitative estimate of drug-likeness (QED) is 0.498. The number of aliphatic imine (C=N–C) groups is 1. The van der Waals surface area contributed by atoms with Gasteiger partial charge in [0.2, 0.25) is 5.72 Å². The zero-order valence-electron chi connectivity index (χ0n) is 18.7. The number of carbonyl (C=O) groups excluding carboxylic acids is 2. The lowest BCUT2D eigenvalue weighted by Gasteiger charge is -2.19. The molecule has 4 rings (SSSR count). The van der Waals surface area contributed by atoms with Crippen LogP contribution < -0.4 is 15.5 Å². The summed E-state index contributed by atoms with van der Waals surface area (Å²) >= 11 is 0. The third-order valence-electron chi connectivity index (χ3n) is 5.23. The summed E-state index contributed by atoms with van der Waals surface area (Å²) in [4.78, 5) is 34.6. The highest BCUT2D eigenvalue weighted by Crippen LogP contribution is 2.32. The molecule has 3 amide bonds. The minimum atomic E-state index is -4.16. The maximum Gasteiger partial charge on any atom is 0.335 e. The van der Waals surface area contributed by atoms with Crippen molar-refractivity contribution in [2.45, 2.75) is 24.5 Å². The predicted octanol–water partition coefficient (Wildman–Crippen LogP) is 3.12. The van der Waals surface area contributed by atoms with Crippen molar-refractivity contribution < 1.29 is 27.2 Å². The average molecular weight is 497 g/mol. The average Bonchev–Trinajstić information content (AvgIpc) is 3.22. The van der Waals surface area contributed by atoms with Crippen molar-refractivity contribution in [2.24, 2.45) is 4.99 Å². The molecule has 0 spiro atoms. The van der Waals surface area contributed by atoms with Gasteiger partial charge >= 0.3 is 6.03 Å². The number of halogens is 1. The summed E-state index contributed by atoms with van der Waals surface area (Å²) in [7, 11) is -4.16. The maximum absolute atomic E-state index is 14.2. The third-order valence-corrected chi connectivity index (χ3v) is 6.58. The summed E-state index contributed by atoms with van der Waals surface area (Å²) in [5, 5.41) is 1.99. The number of hydrogen-bond acceptors (Lipinski definition) is 7. The van der Waals surface area contributed by atoms with Gasteiger partial charge in [-0.25, -0.2) is 37.6 Å². The Hall–Kier alpha value is -4.09. The first-order valence-corrected chi connectivity index (χ1v) is 11.9. The van der Waals surface area contributed by atoms with E-state index in [1.807, 2.05) is 5.32 Å². The van der Waals surface area contributed by atoms with Crippen molar-refractivity contribution in [1.82, 2.24) is 15.5 Å². The van der Waals surface area contributed by atoms with Crippen LogP contribution in [0.3, 0.4) is 0 Å². The van der Waals surface area contributed by atoms with Gasteiger partial charge in [-0.05, 0) is 44.2 Å². The molecule has 0 fully saturated rings. The van der Waals surface area contributed by atoms with Gasteiger partial charge in [0, 0.05) is 16.7 Å². The van der Waals surface area contributed by atoms with Gasteiger partial charge < -0.3 is 0 Å². The van der Waals surface area contributed by atoms with E-state index in [2.05, 4.69) is 10.5 Å². The summed E-state index contributed by atoms with van der Waals surface area (Å²) in [6, 6.07) is 16.8. The summed E-state index contributed by atoms with van der Waals surface area (Å²) in [5.74, 6) is -1.07. The van der Waals surface area contributed by atoms with E-state index < -0.39 is 33.5 Å². The van der Waals surface area contributed by atoms with E-state index in [0.717, 1.165) is 5.56 Å². The molecule has 3 aromatic rings. The molecule has 180 valence electrons. The molecule has 35 heavy (non-hydrogen) atoms. The first-order chi connectivity index (χ1) is 16.6. The van der Waals surface area contributed by atoms with Crippen molar-refractivity contribution in [3.8, 4) is 0 Å². The minimum absolute atomic E-state index is 0.0642. The zero-order chi connectivity index (χ0) is 25.2. The van der Waals surface area contributed by atoms with Crippen LogP contribution in [0.1, 0.15) is 34.0 Å². The van der Waals surface area contributed by atoms with Gasteiger partial charge in [-0.2, -0.15) is 0 Å². The number of imide groups is 1. The Balaban J connectivity index is 1.48. The number of urea groups is 1. The van der Waals surface area contributed by atoms with Crippen LogP contribution in [0.4, 0.5) is 9.18 Å². The van der Waals surface area contributed by atoms with Crippen LogP contribution in [0.2, 0.25) is 0 Å². The number of benzene rings is 3. The number of nitrogens with zero attached hydrogens (tertiary/aromatic N) is 1. The topological polar surface area (TPSA) is 126 Å². The fourth-order valence-electron chi connectivity index (χ4n) is 3.39. The molecule has 1 aliphatic rings. The number of hydroxylamine groups is 1. The van der Waals surface area contributed by atoms with E-state index in [9.17, 15) is 22.4 Å². The van der Waals surface area contributed by atoms with Crippen LogP contribution in [0.5, 0.6) is 0 Å². The summed E-state index contributed by atoms with van der Waals surface area (Å²) in [6.07, 6.45) is 0. The van der Waals surface area contributed by atoms with Crippen LogP contribution in [-0.4, -0.2) is 26.2 Å². The summed E-state index contributed by atoms with van der Waals surface area (Å²) in [6.45, 7) is 3.38. The molecular weight excluding hydrogens is 475 g/mol. The molecule has 9 nitrogen and oxygen atoms in total. The number of aryl methyl sites for hydroxylation is 1. The lowest BCUT2D eigenvalue weighted by atomic mass is 10.0. The lowest BCUT2D eigenvalue weighted by Crippen LogP contribution is -2.42. The van der Waals surface area contributed by atoms with Crippen molar-refractivity contribution in [1.29, 1.82) is 0 Å². The fraction of sp³-hybridized carbons (Fsp3) is 0.125. The highest BCUT2D eigenvalue weighted by Gasteiger charge is 2.36. The summed E-state index contributed by atoms with van der Waals surface area (Å²) in [5.41, 5.74) is 2.89. The number of carbonyl (C=O) groups is 2. The minimum Gasteiger partial charge on any atom is -0.273 e. The highest BCUT2D eigenvalue weighted by atomic mass is 32.2. The first kappa shape index (κ1) is 24.0. The SMILES string of the molecule is Cc1ccc(S(=O)(=O)NC(=O)NC(=O)c2cccc(C3=NC(C)(c4ccccc4F)ON3)c2)cc1. The Morgan fingerprint density at radius 2 is 1.74 bits per heavy atom. The van der Waals surface area contributed by atoms with E-state index in [4.69, 9.17) is 4.84 Å². The van der Waals surface area contributed by atoms with E-state index >= 15 is 0 Å². The van der Waals surface area contributed by atoms with Crippen LogP contribution in [0.25, 0.3) is 0 Å². The van der Waals surface area contributed by atoms with Gasteiger partial charge in [-0.15, -0.1) is 0 Å². The molecule has 1 aliphatic heterocycles. The molecule has 1 unspecified atom stereocenters. The number of amidine groups is 1. The van der Waals surface area contributed by atoms with Gasteiger partial charge in [-0.3, -0.25) is 10.1 Å². The number of sulfonamides is 1. The van der Waals surface area contributed by atoms with Crippen molar-refractivity contribution in [3.63, 3.8) is 0 Å². The van der Waals surface area contributed by atoms with Crippen molar-refractivity contribution >= 4 is 27.8 Å². The Bertz CT molecular complexity index is 1440. The molecule has 3 N–H and O–H groups in total. The van der Waals surface area contributed by atoms with Crippen molar-refractivity contribution in [3.05, 3.63) is 101 Å². The van der Waals surface area contributed by atoms with E-state index in [-0.39, 0.29) is 21.9 Å². The molecule has 11 heteroatoms. The van der Waals surface area contributed by atoms with Crippen LogP contribution in [0.15, 0.2) is 82.7 Å². The Morgan fingerprint density at radius 3 is 2.46 bits per heavy atom. The van der Waals surface area contributed by atoms with Gasteiger partial charge in [0.1, 0.15) is 5.82 Å². The molecule has 0 bridgehead atoms. The molecule has 0 radical (unpaired) electrons. The zero-order valence-corrected chi connectivity index (χ0v) is 19.5. The fourth-order valence-corrected chi connectivity index (χ4v) is 4.30.